The number of carbonyl (C=O) groups is 1. The standard InChI is InChI=1S/C15H14Cl2N2O/c1-9(11-4-2-3-5-12(11)16)19-15(20)10-6-7-14(18)13(17)8-10/h2-9H,18H2,1H3,(H,19,20)/t9-/m0/s1. The van der Waals surface area contributed by atoms with Crippen LogP contribution in [0.5, 0.6) is 0 Å². The number of nitrogens with one attached hydrogen (secondary N) is 1. The summed E-state index contributed by atoms with van der Waals surface area (Å²) >= 11 is 12.0. The number of anilines is 1. The molecule has 3 nitrogen and oxygen atoms in total. The van der Waals surface area contributed by atoms with Crippen molar-refractivity contribution in [1.82, 2.24) is 5.32 Å². The average Bonchev–Trinajstić information content (AvgIpc) is 2.42. The minimum absolute atomic E-state index is 0.201. The van der Waals surface area contributed by atoms with Crippen LogP contribution in [-0.2, 0) is 0 Å². The van der Waals surface area contributed by atoms with Crippen LogP contribution in [-0.4, -0.2) is 5.91 Å². The molecule has 5 heteroatoms. The van der Waals surface area contributed by atoms with Crippen LogP contribution in [0.1, 0.15) is 28.9 Å². The maximum Gasteiger partial charge on any atom is 0.251 e. The summed E-state index contributed by atoms with van der Waals surface area (Å²) in [6.45, 7) is 1.87. The molecule has 0 heterocycles. The monoisotopic (exact) mass is 308 g/mol. The third-order valence-electron chi connectivity index (χ3n) is 2.98. The van der Waals surface area contributed by atoms with E-state index in [0.29, 0.717) is 21.3 Å². The number of halogens is 2. The van der Waals surface area contributed by atoms with Gasteiger partial charge in [-0.15, -0.1) is 0 Å². The van der Waals surface area contributed by atoms with Crippen molar-refractivity contribution in [3.05, 3.63) is 63.6 Å². The summed E-state index contributed by atoms with van der Waals surface area (Å²) in [5, 5.41) is 3.86. The highest BCUT2D eigenvalue weighted by Gasteiger charge is 2.14. The molecular weight excluding hydrogens is 295 g/mol. The first-order valence-corrected chi connectivity index (χ1v) is 6.85. The van der Waals surface area contributed by atoms with Crippen LogP contribution in [0.3, 0.4) is 0 Å². The predicted octanol–water partition coefficient (Wildman–Crippen LogP) is 4.07. The largest absolute Gasteiger partial charge is 0.398 e. The van der Waals surface area contributed by atoms with E-state index >= 15 is 0 Å². The number of nitrogens with two attached hydrogens (primary N) is 1. The van der Waals surface area contributed by atoms with Gasteiger partial charge in [-0.3, -0.25) is 4.79 Å². The summed E-state index contributed by atoms with van der Waals surface area (Å²) in [5.41, 5.74) is 7.39. The second kappa shape index (κ2) is 6.16. The molecular formula is C15H14Cl2N2O. The van der Waals surface area contributed by atoms with Crippen molar-refractivity contribution >= 4 is 34.8 Å². The lowest BCUT2D eigenvalue weighted by Crippen LogP contribution is -2.26. The minimum atomic E-state index is -0.223. The van der Waals surface area contributed by atoms with E-state index in [1.807, 2.05) is 25.1 Å². The van der Waals surface area contributed by atoms with Gasteiger partial charge in [0, 0.05) is 10.6 Å². The van der Waals surface area contributed by atoms with Crippen LogP contribution in [0.25, 0.3) is 0 Å². The lowest BCUT2D eigenvalue weighted by Gasteiger charge is -2.16. The van der Waals surface area contributed by atoms with E-state index in [-0.39, 0.29) is 11.9 Å². The van der Waals surface area contributed by atoms with Gasteiger partial charge >= 0.3 is 0 Å². The Morgan fingerprint density at radius 2 is 1.85 bits per heavy atom. The molecule has 1 amide bonds. The van der Waals surface area contributed by atoms with Crippen molar-refractivity contribution < 1.29 is 4.79 Å². The molecule has 2 aromatic carbocycles. The van der Waals surface area contributed by atoms with Crippen molar-refractivity contribution in [2.75, 3.05) is 5.73 Å². The molecule has 0 saturated heterocycles. The van der Waals surface area contributed by atoms with Gasteiger partial charge in [0.1, 0.15) is 0 Å². The molecule has 2 aromatic rings. The number of hydrogen-bond donors (Lipinski definition) is 2. The predicted molar refractivity (Wildman–Crippen MR) is 83.2 cm³/mol. The zero-order valence-corrected chi connectivity index (χ0v) is 12.4. The van der Waals surface area contributed by atoms with Crippen LogP contribution in [0.4, 0.5) is 5.69 Å². The second-order valence-electron chi connectivity index (χ2n) is 4.45. The van der Waals surface area contributed by atoms with Gasteiger partial charge in [0.15, 0.2) is 0 Å². The first kappa shape index (κ1) is 14.7. The van der Waals surface area contributed by atoms with Gasteiger partial charge in [-0.1, -0.05) is 41.4 Å². The first-order chi connectivity index (χ1) is 9.49. The summed E-state index contributed by atoms with van der Waals surface area (Å²) in [5.74, 6) is -0.223. The highest BCUT2D eigenvalue weighted by molar-refractivity contribution is 6.33. The third-order valence-corrected chi connectivity index (χ3v) is 3.65. The molecule has 104 valence electrons. The van der Waals surface area contributed by atoms with Crippen molar-refractivity contribution in [3.8, 4) is 0 Å². The first-order valence-electron chi connectivity index (χ1n) is 6.09. The second-order valence-corrected chi connectivity index (χ2v) is 5.27. The van der Waals surface area contributed by atoms with E-state index in [9.17, 15) is 4.79 Å². The topological polar surface area (TPSA) is 55.1 Å². The van der Waals surface area contributed by atoms with E-state index in [1.54, 1.807) is 24.3 Å². The maximum atomic E-state index is 12.1. The van der Waals surface area contributed by atoms with Crippen LogP contribution in [0.2, 0.25) is 10.0 Å². The molecule has 0 saturated carbocycles. The van der Waals surface area contributed by atoms with Gasteiger partial charge in [-0.2, -0.15) is 0 Å². The van der Waals surface area contributed by atoms with Crippen LogP contribution >= 0.6 is 23.2 Å². The number of nitrogen functional groups attached to an aromatic ring is 1. The smallest absolute Gasteiger partial charge is 0.251 e. The molecule has 2 rings (SSSR count). The molecule has 0 fully saturated rings. The number of benzene rings is 2. The molecule has 0 bridgehead atoms. The van der Waals surface area contributed by atoms with E-state index < -0.39 is 0 Å². The SMILES string of the molecule is C[C@H](NC(=O)c1ccc(N)c(Cl)c1)c1ccccc1Cl. The zero-order valence-electron chi connectivity index (χ0n) is 10.9. The van der Waals surface area contributed by atoms with E-state index in [4.69, 9.17) is 28.9 Å². The highest BCUT2D eigenvalue weighted by atomic mass is 35.5. The molecule has 20 heavy (non-hydrogen) atoms. The molecule has 1 atom stereocenters. The molecule has 3 N–H and O–H groups in total. The van der Waals surface area contributed by atoms with Gasteiger partial charge in [0.2, 0.25) is 0 Å². The van der Waals surface area contributed by atoms with Crippen molar-refractivity contribution in [3.63, 3.8) is 0 Å². The van der Waals surface area contributed by atoms with Crippen molar-refractivity contribution in [1.29, 1.82) is 0 Å². The van der Waals surface area contributed by atoms with E-state index in [1.165, 1.54) is 0 Å². The zero-order chi connectivity index (χ0) is 14.7. The Hall–Kier alpha value is -1.71. The Morgan fingerprint density at radius 3 is 2.50 bits per heavy atom. The maximum absolute atomic E-state index is 12.1. The molecule has 0 spiro atoms. The highest BCUT2D eigenvalue weighted by Crippen LogP contribution is 2.23. The number of carbonyl (C=O) groups excluding carboxylic acids is 1. The Bertz CT molecular complexity index is 644. The normalized spacial score (nSPS) is 11.9. The quantitative estimate of drug-likeness (QED) is 0.840. The van der Waals surface area contributed by atoms with Gasteiger partial charge in [0.05, 0.1) is 16.8 Å². The lowest BCUT2D eigenvalue weighted by atomic mass is 10.1. The molecule has 0 aliphatic rings. The third kappa shape index (κ3) is 3.24. The van der Waals surface area contributed by atoms with Gasteiger partial charge in [0.25, 0.3) is 5.91 Å². The number of rotatable bonds is 3. The van der Waals surface area contributed by atoms with Crippen LogP contribution in [0.15, 0.2) is 42.5 Å². The van der Waals surface area contributed by atoms with E-state index in [2.05, 4.69) is 5.32 Å². The Balaban J connectivity index is 2.15. The Labute approximate surface area is 127 Å². The summed E-state index contributed by atoms with van der Waals surface area (Å²) < 4.78 is 0. The van der Waals surface area contributed by atoms with E-state index in [0.717, 1.165) is 5.56 Å². The molecule has 0 aliphatic carbocycles. The summed E-state index contributed by atoms with van der Waals surface area (Å²) in [6.07, 6.45) is 0. The fourth-order valence-corrected chi connectivity index (χ4v) is 2.33. The molecule has 0 radical (unpaired) electrons. The summed E-state index contributed by atoms with van der Waals surface area (Å²) in [6, 6.07) is 12.0. The fourth-order valence-electron chi connectivity index (χ4n) is 1.85. The molecule has 0 aliphatic heterocycles. The molecule has 0 aromatic heterocycles. The van der Waals surface area contributed by atoms with Gasteiger partial charge < -0.3 is 11.1 Å². The van der Waals surface area contributed by atoms with Crippen molar-refractivity contribution in [2.24, 2.45) is 0 Å². The fraction of sp³-hybridized carbons (Fsp3) is 0.133. The Morgan fingerprint density at radius 1 is 1.15 bits per heavy atom. The van der Waals surface area contributed by atoms with Crippen molar-refractivity contribution in [2.45, 2.75) is 13.0 Å². The number of amides is 1. The van der Waals surface area contributed by atoms with Gasteiger partial charge in [-0.05, 0) is 36.8 Å². The molecule has 0 unspecified atom stereocenters. The van der Waals surface area contributed by atoms with Crippen LogP contribution < -0.4 is 11.1 Å². The Kier molecular flexibility index (Phi) is 4.53. The summed E-state index contributed by atoms with van der Waals surface area (Å²) in [7, 11) is 0. The minimum Gasteiger partial charge on any atom is -0.398 e. The lowest BCUT2D eigenvalue weighted by molar-refractivity contribution is 0.0940. The van der Waals surface area contributed by atoms with Gasteiger partial charge in [-0.25, -0.2) is 0 Å². The number of hydrogen-bond acceptors (Lipinski definition) is 2. The van der Waals surface area contributed by atoms with Crippen LogP contribution in [0, 0.1) is 0 Å². The average molecular weight is 309 g/mol. The summed E-state index contributed by atoms with van der Waals surface area (Å²) in [4.78, 5) is 12.1.